The van der Waals surface area contributed by atoms with Gasteiger partial charge in [-0.1, -0.05) is 35.5 Å². The molecule has 94 valence electrons. The fraction of sp³-hybridized carbons (Fsp3) is 0.154. The minimum atomic E-state index is -0.726. The first kappa shape index (κ1) is 13.3. The summed E-state index contributed by atoms with van der Waals surface area (Å²) in [5.41, 5.74) is 0.553. The number of rotatable bonds is 3. The lowest BCUT2D eigenvalue weighted by molar-refractivity contribution is 0.195. The second-order valence-electron chi connectivity index (χ2n) is 3.75. The Labute approximate surface area is 114 Å². The number of hydrogen-bond donors (Lipinski definition) is 1. The largest absolute Gasteiger partial charge is 0.389 e. The van der Waals surface area contributed by atoms with Crippen molar-refractivity contribution in [2.75, 3.05) is 0 Å². The van der Waals surface area contributed by atoms with Crippen LogP contribution in [0.2, 0.25) is 5.02 Å². The van der Waals surface area contributed by atoms with E-state index in [9.17, 15) is 9.50 Å². The lowest BCUT2D eigenvalue weighted by atomic mass is 10.1. The second-order valence-corrected chi connectivity index (χ2v) is 5.22. The van der Waals surface area contributed by atoms with Gasteiger partial charge in [0.15, 0.2) is 0 Å². The zero-order valence-electron chi connectivity index (χ0n) is 9.60. The van der Waals surface area contributed by atoms with E-state index in [-0.39, 0.29) is 5.82 Å². The van der Waals surface area contributed by atoms with Gasteiger partial charge in [0.25, 0.3) is 0 Å². The first-order chi connectivity index (χ1) is 8.58. The summed E-state index contributed by atoms with van der Waals surface area (Å²) < 4.78 is 13.8. The van der Waals surface area contributed by atoms with Gasteiger partial charge in [-0.15, -0.1) is 0 Å². The Hall–Kier alpha value is -1.10. The fourth-order valence-corrected chi connectivity index (χ4v) is 2.57. The van der Waals surface area contributed by atoms with E-state index in [2.05, 4.69) is 4.98 Å². The molecule has 0 bridgehead atoms. The maximum absolute atomic E-state index is 13.8. The van der Waals surface area contributed by atoms with Crippen molar-refractivity contribution < 1.29 is 9.50 Å². The Balaban J connectivity index is 2.36. The van der Waals surface area contributed by atoms with Crippen molar-refractivity contribution in [1.29, 1.82) is 0 Å². The van der Waals surface area contributed by atoms with Crippen LogP contribution in [0.4, 0.5) is 4.39 Å². The average molecular weight is 284 g/mol. The van der Waals surface area contributed by atoms with Crippen LogP contribution in [0.25, 0.3) is 0 Å². The quantitative estimate of drug-likeness (QED) is 0.921. The molecule has 0 aliphatic carbocycles. The topological polar surface area (TPSA) is 33.1 Å². The lowest BCUT2D eigenvalue weighted by Crippen LogP contribution is -1.96. The third kappa shape index (κ3) is 3.02. The van der Waals surface area contributed by atoms with Crippen molar-refractivity contribution in [2.45, 2.75) is 22.9 Å². The zero-order chi connectivity index (χ0) is 13.1. The maximum atomic E-state index is 13.8. The van der Waals surface area contributed by atoms with Crippen LogP contribution in [-0.2, 0) is 0 Å². The molecule has 18 heavy (non-hydrogen) atoms. The van der Waals surface area contributed by atoms with Crippen molar-refractivity contribution in [3.8, 4) is 0 Å². The Morgan fingerprint density at radius 3 is 2.72 bits per heavy atom. The molecule has 1 N–H and O–H groups in total. The molecule has 0 fully saturated rings. The number of aliphatic hydroxyl groups is 1. The molecule has 2 aromatic rings. The molecule has 0 aliphatic rings. The zero-order valence-corrected chi connectivity index (χ0v) is 11.2. The van der Waals surface area contributed by atoms with Gasteiger partial charge in [-0.05, 0) is 30.7 Å². The smallest absolute Gasteiger partial charge is 0.137 e. The van der Waals surface area contributed by atoms with Gasteiger partial charge in [0.05, 0.1) is 16.0 Å². The highest BCUT2D eigenvalue weighted by atomic mass is 35.5. The molecule has 2 nitrogen and oxygen atoms in total. The van der Waals surface area contributed by atoms with E-state index in [0.29, 0.717) is 20.5 Å². The van der Waals surface area contributed by atoms with Gasteiger partial charge >= 0.3 is 0 Å². The third-order valence-electron chi connectivity index (χ3n) is 2.35. The lowest BCUT2D eigenvalue weighted by Gasteiger charge is -2.11. The van der Waals surface area contributed by atoms with Crippen LogP contribution in [0, 0.1) is 5.82 Å². The Morgan fingerprint density at radius 1 is 1.33 bits per heavy atom. The first-order valence-electron chi connectivity index (χ1n) is 5.34. The summed E-state index contributed by atoms with van der Waals surface area (Å²) in [5.74, 6) is -0.366. The summed E-state index contributed by atoms with van der Waals surface area (Å²) in [6, 6.07) is 8.05. The van der Waals surface area contributed by atoms with Gasteiger partial charge in [-0.2, -0.15) is 0 Å². The van der Waals surface area contributed by atoms with E-state index < -0.39 is 6.10 Å². The van der Waals surface area contributed by atoms with Crippen LogP contribution < -0.4 is 0 Å². The Bertz CT molecular complexity index is 545. The van der Waals surface area contributed by atoms with Crippen LogP contribution in [0.3, 0.4) is 0 Å². The molecular weight excluding hydrogens is 273 g/mol. The predicted octanol–water partition coefficient (Wildman–Crippen LogP) is 4.08. The molecule has 0 radical (unpaired) electrons. The van der Waals surface area contributed by atoms with Gasteiger partial charge in [0, 0.05) is 6.20 Å². The molecule has 0 amide bonds. The molecule has 1 atom stereocenters. The standard InChI is InChI=1S/C13H11ClFNOS/c1-8(17)10-3-2-4-11(15)13(10)18-12-6-5-9(14)7-16-12/h2-8,17H,1H3. The summed E-state index contributed by atoms with van der Waals surface area (Å²) in [6.45, 7) is 1.61. The van der Waals surface area contributed by atoms with Crippen LogP contribution in [0.5, 0.6) is 0 Å². The number of aliphatic hydroxyl groups excluding tert-OH is 1. The summed E-state index contributed by atoms with van der Waals surface area (Å²) >= 11 is 6.91. The highest BCUT2D eigenvalue weighted by Gasteiger charge is 2.14. The molecule has 2 rings (SSSR count). The number of pyridine rings is 1. The summed E-state index contributed by atoms with van der Waals surface area (Å²) in [7, 11) is 0. The highest BCUT2D eigenvalue weighted by molar-refractivity contribution is 7.99. The minimum absolute atomic E-state index is 0.366. The van der Waals surface area contributed by atoms with Crippen molar-refractivity contribution in [1.82, 2.24) is 4.98 Å². The predicted molar refractivity (Wildman–Crippen MR) is 70.4 cm³/mol. The van der Waals surface area contributed by atoms with Gasteiger partial charge in [0.2, 0.25) is 0 Å². The van der Waals surface area contributed by atoms with Crippen molar-refractivity contribution >= 4 is 23.4 Å². The second kappa shape index (κ2) is 5.69. The molecule has 1 heterocycles. The van der Waals surface area contributed by atoms with E-state index in [1.54, 1.807) is 31.2 Å². The van der Waals surface area contributed by atoms with Gasteiger partial charge in [-0.25, -0.2) is 9.37 Å². The fourth-order valence-electron chi connectivity index (χ4n) is 1.49. The molecule has 0 saturated heterocycles. The molecule has 1 aromatic carbocycles. The number of hydrogen-bond acceptors (Lipinski definition) is 3. The van der Waals surface area contributed by atoms with Crippen LogP contribution >= 0.6 is 23.4 Å². The molecule has 0 aliphatic heterocycles. The van der Waals surface area contributed by atoms with Crippen molar-refractivity contribution in [3.63, 3.8) is 0 Å². The molecular formula is C13H11ClFNOS. The number of benzene rings is 1. The molecule has 5 heteroatoms. The van der Waals surface area contributed by atoms with Crippen LogP contribution in [-0.4, -0.2) is 10.1 Å². The summed E-state index contributed by atoms with van der Waals surface area (Å²) in [6.07, 6.45) is 0.780. The number of halogens is 2. The summed E-state index contributed by atoms with van der Waals surface area (Å²) in [4.78, 5) is 4.49. The normalized spacial score (nSPS) is 12.4. The monoisotopic (exact) mass is 283 g/mol. The van der Waals surface area contributed by atoms with Gasteiger partial charge in [-0.3, -0.25) is 0 Å². The maximum Gasteiger partial charge on any atom is 0.137 e. The average Bonchev–Trinajstić information content (AvgIpc) is 2.34. The third-order valence-corrected chi connectivity index (χ3v) is 3.66. The Morgan fingerprint density at radius 2 is 2.11 bits per heavy atom. The SMILES string of the molecule is CC(O)c1cccc(F)c1Sc1ccc(Cl)cn1. The number of aromatic nitrogens is 1. The van der Waals surface area contributed by atoms with E-state index in [1.807, 2.05) is 0 Å². The molecule has 1 aromatic heterocycles. The molecule has 0 spiro atoms. The van der Waals surface area contributed by atoms with Gasteiger partial charge in [0.1, 0.15) is 10.8 Å². The number of nitrogens with zero attached hydrogens (tertiary/aromatic N) is 1. The van der Waals surface area contributed by atoms with Crippen LogP contribution in [0.1, 0.15) is 18.6 Å². The Kier molecular flexibility index (Phi) is 4.22. The van der Waals surface area contributed by atoms with E-state index in [1.165, 1.54) is 24.0 Å². The van der Waals surface area contributed by atoms with E-state index in [0.717, 1.165) is 0 Å². The van der Waals surface area contributed by atoms with Crippen LogP contribution in [0.15, 0.2) is 46.5 Å². The van der Waals surface area contributed by atoms with Crippen molar-refractivity contribution in [2.24, 2.45) is 0 Å². The minimum Gasteiger partial charge on any atom is -0.389 e. The first-order valence-corrected chi connectivity index (χ1v) is 6.53. The van der Waals surface area contributed by atoms with Crippen molar-refractivity contribution in [3.05, 3.63) is 52.9 Å². The highest BCUT2D eigenvalue weighted by Crippen LogP contribution is 2.34. The van der Waals surface area contributed by atoms with E-state index >= 15 is 0 Å². The molecule has 0 saturated carbocycles. The van der Waals surface area contributed by atoms with E-state index in [4.69, 9.17) is 11.6 Å². The van der Waals surface area contributed by atoms with Gasteiger partial charge < -0.3 is 5.11 Å². The molecule has 1 unspecified atom stereocenters. The summed E-state index contributed by atoms with van der Waals surface area (Å²) in [5, 5.41) is 10.8.